The SMILES string of the molecule is Cc1ccc2c(C)c(C(N)c3ccc(F)cc3Cl)oc2c1. The highest BCUT2D eigenvalue weighted by molar-refractivity contribution is 6.31. The molecule has 2 N–H and O–H groups in total. The lowest BCUT2D eigenvalue weighted by Crippen LogP contribution is -2.12. The van der Waals surface area contributed by atoms with Crippen molar-refractivity contribution in [1.29, 1.82) is 0 Å². The first-order valence-electron chi connectivity index (χ1n) is 6.67. The van der Waals surface area contributed by atoms with Crippen LogP contribution in [0.4, 0.5) is 4.39 Å². The van der Waals surface area contributed by atoms with Gasteiger partial charge in [0, 0.05) is 16.0 Å². The zero-order chi connectivity index (χ0) is 15.1. The number of nitrogens with two attached hydrogens (primary N) is 1. The Labute approximate surface area is 127 Å². The van der Waals surface area contributed by atoms with E-state index < -0.39 is 6.04 Å². The quantitative estimate of drug-likeness (QED) is 0.732. The summed E-state index contributed by atoms with van der Waals surface area (Å²) in [4.78, 5) is 0. The number of hydrogen-bond acceptors (Lipinski definition) is 2. The van der Waals surface area contributed by atoms with Gasteiger partial charge in [0.25, 0.3) is 0 Å². The normalized spacial score (nSPS) is 12.8. The minimum Gasteiger partial charge on any atom is -0.459 e. The van der Waals surface area contributed by atoms with Crippen LogP contribution in [0, 0.1) is 19.7 Å². The van der Waals surface area contributed by atoms with Crippen LogP contribution in [0.3, 0.4) is 0 Å². The summed E-state index contributed by atoms with van der Waals surface area (Å²) in [5.74, 6) is 0.275. The second-order valence-corrected chi connectivity index (χ2v) is 5.64. The van der Waals surface area contributed by atoms with Gasteiger partial charge in [-0.3, -0.25) is 0 Å². The summed E-state index contributed by atoms with van der Waals surface area (Å²) in [6, 6.07) is 9.72. The third kappa shape index (κ3) is 2.43. The Kier molecular flexibility index (Phi) is 3.47. The van der Waals surface area contributed by atoms with Crippen molar-refractivity contribution in [3.8, 4) is 0 Å². The van der Waals surface area contributed by atoms with Gasteiger partial charge in [-0.2, -0.15) is 0 Å². The lowest BCUT2D eigenvalue weighted by molar-refractivity contribution is 0.520. The van der Waals surface area contributed by atoms with Crippen LogP contribution in [0.15, 0.2) is 40.8 Å². The molecule has 0 saturated heterocycles. The molecule has 0 radical (unpaired) electrons. The molecular formula is C17H15ClFNO. The molecule has 108 valence electrons. The molecule has 2 aromatic carbocycles. The Morgan fingerprint density at radius 3 is 2.62 bits per heavy atom. The molecule has 1 unspecified atom stereocenters. The fourth-order valence-corrected chi connectivity index (χ4v) is 2.83. The van der Waals surface area contributed by atoms with E-state index >= 15 is 0 Å². The number of fused-ring (bicyclic) bond motifs is 1. The summed E-state index contributed by atoms with van der Waals surface area (Å²) in [6.07, 6.45) is 0. The maximum Gasteiger partial charge on any atom is 0.134 e. The van der Waals surface area contributed by atoms with Crippen molar-refractivity contribution in [1.82, 2.24) is 0 Å². The van der Waals surface area contributed by atoms with Crippen molar-refractivity contribution in [3.63, 3.8) is 0 Å². The molecule has 1 atom stereocenters. The first-order valence-corrected chi connectivity index (χ1v) is 7.05. The van der Waals surface area contributed by atoms with E-state index in [-0.39, 0.29) is 5.82 Å². The monoisotopic (exact) mass is 303 g/mol. The Hall–Kier alpha value is -1.84. The molecule has 0 aliphatic rings. The van der Waals surface area contributed by atoms with Crippen molar-refractivity contribution in [2.45, 2.75) is 19.9 Å². The van der Waals surface area contributed by atoms with E-state index in [0.29, 0.717) is 16.3 Å². The molecular weight excluding hydrogens is 289 g/mol. The highest BCUT2D eigenvalue weighted by Crippen LogP contribution is 2.34. The second-order valence-electron chi connectivity index (χ2n) is 5.23. The van der Waals surface area contributed by atoms with Crippen molar-refractivity contribution in [2.75, 3.05) is 0 Å². The molecule has 0 amide bonds. The number of benzene rings is 2. The van der Waals surface area contributed by atoms with Gasteiger partial charge in [-0.15, -0.1) is 0 Å². The van der Waals surface area contributed by atoms with Gasteiger partial charge in [0.15, 0.2) is 0 Å². The third-order valence-corrected chi connectivity index (χ3v) is 4.04. The van der Waals surface area contributed by atoms with Crippen molar-refractivity contribution in [3.05, 3.63) is 69.7 Å². The molecule has 3 rings (SSSR count). The van der Waals surface area contributed by atoms with Gasteiger partial charge in [-0.25, -0.2) is 4.39 Å². The minimum absolute atomic E-state index is 0.304. The largest absolute Gasteiger partial charge is 0.459 e. The van der Waals surface area contributed by atoms with Crippen LogP contribution in [0.2, 0.25) is 5.02 Å². The third-order valence-electron chi connectivity index (χ3n) is 3.71. The highest BCUT2D eigenvalue weighted by Gasteiger charge is 2.21. The number of furan rings is 1. The van der Waals surface area contributed by atoms with Crippen molar-refractivity contribution < 1.29 is 8.81 Å². The number of halogens is 2. The molecule has 1 heterocycles. The van der Waals surface area contributed by atoms with E-state index in [2.05, 4.69) is 0 Å². The zero-order valence-corrected chi connectivity index (χ0v) is 12.5. The van der Waals surface area contributed by atoms with Gasteiger partial charge in [0.1, 0.15) is 17.2 Å². The van der Waals surface area contributed by atoms with Crippen LogP contribution in [0.1, 0.15) is 28.5 Å². The molecule has 0 bridgehead atoms. The predicted molar refractivity (Wildman–Crippen MR) is 83.1 cm³/mol. The second kappa shape index (κ2) is 5.17. The van der Waals surface area contributed by atoms with Crippen LogP contribution in [-0.4, -0.2) is 0 Å². The van der Waals surface area contributed by atoms with Crippen LogP contribution >= 0.6 is 11.6 Å². The van der Waals surface area contributed by atoms with Crippen molar-refractivity contribution in [2.24, 2.45) is 5.73 Å². The first-order chi connectivity index (χ1) is 9.97. The number of aryl methyl sites for hydroxylation is 2. The van der Waals surface area contributed by atoms with E-state index in [4.69, 9.17) is 21.8 Å². The molecule has 21 heavy (non-hydrogen) atoms. The lowest BCUT2D eigenvalue weighted by atomic mass is 10.0. The number of hydrogen-bond donors (Lipinski definition) is 1. The maximum atomic E-state index is 13.2. The Balaban J connectivity index is 2.13. The summed E-state index contributed by atoms with van der Waals surface area (Å²) in [5.41, 5.74) is 9.83. The fraction of sp³-hybridized carbons (Fsp3) is 0.176. The van der Waals surface area contributed by atoms with Crippen LogP contribution < -0.4 is 5.73 Å². The molecule has 0 saturated carbocycles. The lowest BCUT2D eigenvalue weighted by Gasteiger charge is -2.12. The molecule has 2 nitrogen and oxygen atoms in total. The Morgan fingerprint density at radius 2 is 1.90 bits per heavy atom. The van der Waals surface area contributed by atoms with E-state index in [1.54, 1.807) is 6.07 Å². The molecule has 0 aliphatic carbocycles. The van der Waals surface area contributed by atoms with Crippen LogP contribution in [0.25, 0.3) is 11.0 Å². The minimum atomic E-state index is -0.522. The molecule has 3 aromatic rings. The van der Waals surface area contributed by atoms with E-state index in [1.165, 1.54) is 12.1 Å². The van der Waals surface area contributed by atoms with Gasteiger partial charge < -0.3 is 10.2 Å². The van der Waals surface area contributed by atoms with Crippen LogP contribution in [0.5, 0.6) is 0 Å². The van der Waals surface area contributed by atoms with E-state index in [1.807, 2.05) is 32.0 Å². The number of rotatable bonds is 2. The Morgan fingerprint density at radius 1 is 1.14 bits per heavy atom. The van der Waals surface area contributed by atoms with Gasteiger partial charge in [0.05, 0.1) is 6.04 Å². The topological polar surface area (TPSA) is 39.2 Å². The van der Waals surface area contributed by atoms with Gasteiger partial charge >= 0.3 is 0 Å². The summed E-state index contributed by atoms with van der Waals surface area (Å²) in [6.45, 7) is 3.97. The Bertz CT molecular complexity index is 825. The molecule has 4 heteroatoms. The summed E-state index contributed by atoms with van der Waals surface area (Å²) in [7, 11) is 0. The summed E-state index contributed by atoms with van der Waals surface area (Å²) in [5, 5.41) is 1.34. The summed E-state index contributed by atoms with van der Waals surface area (Å²) >= 11 is 6.09. The van der Waals surface area contributed by atoms with Gasteiger partial charge in [-0.05, 0) is 43.2 Å². The fourth-order valence-electron chi connectivity index (χ4n) is 2.54. The van der Waals surface area contributed by atoms with E-state index in [9.17, 15) is 4.39 Å². The first kappa shape index (κ1) is 14.1. The van der Waals surface area contributed by atoms with Crippen molar-refractivity contribution >= 4 is 22.6 Å². The standard InChI is InChI=1S/C17H15ClFNO/c1-9-3-5-12-10(2)17(21-15(12)7-9)16(20)13-6-4-11(19)8-14(13)18/h3-8,16H,20H2,1-2H3. The van der Waals surface area contributed by atoms with E-state index in [0.717, 1.165) is 22.1 Å². The predicted octanol–water partition coefficient (Wildman–Crippen LogP) is 4.89. The average molecular weight is 304 g/mol. The van der Waals surface area contributed by atoms with Gasteiger partial charge in [-0.1, -0.05) is 29.8 Å². The zero-order valence-electron chi connectivity index (χ0n) is 11.8. The summed E-state index contributed by atoms with van der Waals surface area (Å²) < 4.78 is 19.1. The smallest absolute Gasteiger partial charge is 0.134 e. The average Bonchev–Trinajstić information content (AvgIpc) is 2.75. The molecule has 0 spiro atoms. The highest BCUT2D eigenvalue weighted by atomic mass is 35.5. The molecule has 0 fully saturated rings. The van der Waals surface area contributed by atoms with Crippen LogP contribution in [-0.2, 0) is 0 Å². The maximum absolute atomic E-state index is 13.2. The molecule has 0 aliphatic heterocycles. The molecule has 1 aromatic heterocycles. The van der Waals surface area contributed by atoms with Gasteiger partial charge in [0.2, 0.25) is 0 Å².